The number of thioether (sulfide) groups is 1. The van der Waals surface area contributed by atoms with Gasteiger partial charge in [0.2, 0.25) is 0 Å². The average Bonchev–Trinajstić information content (AvgIpc) is 2.59. The summed E-state index contributed by atoms with van der Waals surface area (Å²) in [6.45, 7) is 0. The molecule has 0 fully saturated rings. The first-order valence-electron chi connectivity index (χ1n) is 4.09. The maximum absolute atomic E-state index is 9.61. The van der Waals surface area contributed by atoms with Gasteiger partial charge in [-0.1, -0.05) is 0 Å². The first-order valence-corrected chi connectivity index (χ1v) is 6.73. The van der Waals surface area contributed by atoms with Crippen molar-refractivity contribution in [3.63, 3.8) is 0 Å². The van der Waals surface area contributed by atoms with E-state index in [1.54, 1.807) is 28.5 Å². The molecular formula is C10H9ClOS2. The highest BCUT2D eigenvalue weighted by molar-refractivity contribution is 7.98. The SMILES string of the molecule is CSc1cc(CCl)c2scc(O)c2c1. The van der Waals surface area contributed by atoms with Crippen LogP contribution in [0.3, 0.4) is 0 Å². The van der Waals surface area contributed by atoms with Crippen LogP contribution >= 0.6 is 34.7 Å². The summed E-state index contributed by atoms with van der Waals surface area (Å²) < 4.78 is 1.09. The third-order valence-electron chi connectivity index (χ3n) is 2.08. The van der Waals surface area contributed by atoms with E-state index in [0.29, 0.717) is 11.6 Å². The fourth-order valence-electron chi connectivity index (χ4n) is 1.38. The molecule has 4 heteroatoms. The van der Waals surface area contributed by atoms with Crippen molar-refractivity contribution in [3.05, 3.63) is 23.1 Å². The Kier molecular flexibility index (Phi) is 2.91. The Morgan fingerprint density at radius 1 is 1.50 bits per heavy atom. The van der Waals surface area contributed by atoms with E-state index in [2.05, 4.69) is 6.07 Å². The quantitative estimate of drug-likeness (QED) is 0.635. The van der Waals surface area contributed by atoms with Crippen LogP contribution in [0.25, 0.3) is 10.1 Å². The Labute approximate surface area is 95.7 Å². The number of aromatic hydroxyl groups is 1. The molecular weight excluding hydrogens is 236 g/mol. The molecule has 0 amide bonds. The number of hydrogen-bond donors (Lipinski definition) is 1. The number of alkyl halides is 1. The number of halogens is 1. The van der Waals surface area contributed by atoms with Crippen molar-refractivity contribution < 1.29 is 5.11 Å². The highest BCUT2D eigenvalue weighted by Crippen LogP contribution is 2.37. The van der Waals surface area contributed by atoms with Gasteiger partial charge in [-0.05, 0) is 24.0 Å². The first kappa shape index (κ1) is 10.1. The molecule has 74 valence electrons. The molecule has 14 heavy (non-hydrogen) atoms. The minimum Gasteiger partial charge on any atom is -0.506 e. The molecule has 0 radical (unpaired) electrons. The number of fused-ring (bicyclic) bond motifs is 1. The molecule has 0 aliphatic heterocycles. The molecule has 0 saturated carbocycles. The van der Waals surface area contributed by atoms with Crippen molar-refractivity contribution in [2.45, 2.75) is 10.8 Å². The molecule has 2 aromatic rings. The van der Waals surface area contributed by atoms with Crippen LogP contribution in [0.1, 0.15) is 5.56 Å². The standard InChI is InChI=1S/C10H9ClOS2/c1-13-7-2-6(4-11)10-8(3-7)9(12)5-14-10/h2-3,5,12H,4H2,1H3. The van der Waals surface area contributed by atoms with Crippen LogP contribution < -0.4 is 0 Å². The third-order valence-corrected chi connectivity index (χ3v) is 4.14. The van der Waals surface area contributed by atoms with Crippen molar-refractivity contribution in [1.82, 2.24) is 0 Å². The molecule has 1 N–H and O–H groups in total. The summed E-state index contributed by atoms with van der Waals surface area (Å²) in [5.74, 6) is 0.845. The fraction of sp³-hybridized carbons (Fsp3) is 0.200. The lowest BCUT2D eigenvalue weighted by molar-refractivity contribution is 0.483. The lowest BCUT2D eigenvalue weighted by Gasteiger charge is -2.02. The van der Waals surface area contributed by atoms with E-state index in [1.165, 1.54) is 0 Å². The van der Waals surface area contributed by atoms with Crippen molar-refractivity contribution in [2.75, 3.05) is 6.26 Å². The Morgan fingerprint density at radius 3 is 2.93 bits per heavy atom. The van der Waals surface area contributed by atoms with Crippen LogP contribution in [-0.2, 0) is 5.88 Å². The number of thiophene rings is 1. The topological polar surface area (TPSA) is 20.2 Å². The average molecular weight is 245 g/mol. The number of hydrogen-bond acceptors (Lipinski definition) is 3. The van der Waals surface area contributed by atoms with Gasteiger partial charge < -0.3 is 5.11 Å². The molecule has 0 saturated heterocycles. The Hall–Kier alpha value is -0.380. The fourth-order valence-corrected chi connectivity index (χ4v) is 3.10. The van der Waals surface area contributed by atoms with Gasteiger partial charge in [-0.3, -0.25) is 0 Å². The van der Waals surface area contributed by atoms with E-state index in [9.17, 15) is 5.11 Å². The van der Waals surface area contributed by atoms with E-state index in [-0.39, 0.29) is 0 Å². The Balaban J connectivity index is 2.76. The van der Waals surface area contributed by atoms with Crippen LogP contribution in [-0.4, -0.2) is 11.4 Å². The monoisotopic (exact) mass is 244 g/mol. The van der Waals surface area contributed by atoms with E-state index in [4.69, 9.17) is 11.6 Å². The predicted octanol–water partition coefficient (Wildman–Crippen LogP) is 4.07. The minimum atomic E-state index is 0.354. The minimum absolute atomic E-state index is 0.354. The summed E-state index contributed by atoms with van der Waals surface area (Å²) in [6, 6.07) is 4.08. The lowest BCUT2D eigenvalue weighted by Crippen LogP contribution is -1.80. The molecule has 0 bridgehead atoms. The first-order chi connectivity index (χ1) is 6.76. The summed E-state index contributed by atoms with van der Waals surface area (Å²) in [7, 11) is 0. The van der Waals surface area contributed by atoms with Crippen molar-refractivity contribution in [1.29, 1.82) is 0 Å². The van der Waals surface area contributed by atoms with Crippen molar-refractivity contribution in [3.8, 4) is 5.75 Å². The summed E-state index contributed by atoms with van der Waals surface area (Å²) in [5, 5.41) is 12.3. The van der Waals surface area contributed by atoms with Gasteiger partial charge in [0.1, 0.15) is 5.75 Å². The van der Waals surface area contributed by atoms with E-state index >= 15 is 0 Å². The molecule has 1 nitrogen and oxygen atoms in total. The smallest absolute Gasteiger partial charge is 0.134 e. The van der Waals surface area contributed by atoms with Crippen molar-refractivity contribution in [2.24, 2.45) is 0 Å². The zero-order chi connectivity index (χ0) is 10.1. The van der Waals surface area contributed by atoms with E-state index < -0.39 is 0 Å². The van der Waals surface area contributed by atoms with Gasteiger partial charge in [-0.2, -0.15) is 0 Å². The summed E-state index contributed by atoms with van der Waals surface area (Å²) in [6.07, 6.45) is 2.02. The molecule has 1 aromatic heterocycles. The second-order valence-corrected chi connectivity index (χ2v) is 4.94. The van der Waals surface area contributed by atoms with Crippen molar-refractivity contribution >= 4 is 44.8 Å². The molecule has 0 aliphatic rings. The van der Waals surface area contributed by atoms with Crippen LogP contribution in [0.4, 0.5) is 0 Å². The third kappa shape index (κ3) is 1.60. The summed E-state index contributed by atoms with van der Waals surface area (Å²) in [5.41, 5.74) is 1.10. The maximum Gasteiger partial charge on any atom is 0.134 e. The van der Waals surface area contributed by atoms with Crippen LogP contribution in [0.2, 0.25) is 0 Å². The summed E-state index contributed by atoms with van der Waals surface area (Å²) >= 11 is 9.06. The van der Waals surface area contributed by atoms with Gasteiger partial charge in [0.25, 0.3) is 0 Å². The van der Waals surface area contributed by atoms with Gasteiger partial charge in [0.05, 0.1) is 0 Å². The lowest BCUT2D eigenvalue weighted by atomic mass is 10.2. The molecule has 2 rings (SSSR count). The number of benzene rings is 1. The predicted molar refractivity (Wildman–Crippen MR) is 64.8 cm³/mol. The second kappa shape index (κ2) is 4.01. The maximum atomic E-state index is 9.61. The van der Waals surface area contributed by atoms with Gasteiger partial charge in [-0.25, -0.2) is 0 Å². The largest absolute Gasteiger partial charge is 0.506 e. The molecule has 0 aliphatic carbocycles. The van der Waals surface area contributed by atoms with Crippen LogP contribution in [0, 0.1) is 0 Å². The van der Waals surface area contributed by atoms with E-state index in [0.717, 1.165) is 20.5 Å². The Bertz CT molecular complexity index is 464. The van der Waals surface area contributed by atoms with Gasteiger partial charge in [-0.15, -0.1) is 34.7 Å². The number of rotatable bonds is 2. The normalized spacial score (nSPS) is 11.0. The molecule has 1 heterocycles. The molecule has 0 spiro atoms. The Morgan fingerprint density at radius 2 is 2.29 bits per heavy atom. The molecule has 1 aromatic carbocycles. The molecule has 0 unspecified atom stereocenters. The zero-order valence-electron chi connectivity index (χ0n) is 7.58. The van der Waals surface area contributed by atoms with Gasteiger partial charge >= 0.3 is 0 Å². The van der Waals surface area contributed by atoms with Gasteiger partial charge in [0, 0.05) is 26.2 Å². The summed E-state index contributed by atoms with van der Waals surface area (Å²) in [4.78, 5) is 1.14. The van der Waals surface area contributed by atoms with E-state index in [1.807, 2.05) is 12.3 Å². The zero-order valence-corrected chi connectivity index (χ0v) is 9.97. The van der Waals surface area contributed by atoms with Gasteiger partial charge in [0.15, 0.2) is 0 Å². The molecule has 0 atom stereocenters. The highest BCUT2D eigenvalue weighted by Gasteiger charge is 2.08. The second-order valence-electron chi connectivity index (χ2n) is 2.92. The van der Waals surface area contributed by atoms with Crippen LogP contribution in [0.5, 0.6) is 5.75 Å². The highest BCUT2D eigenvalue weighted by atomic mass is 35.5. The van der Waals surface area contributed by atoms with Crippen LogP contribution in [0.15, 0.2) is 22.4 Å².